The van der Waals surface area contributed by atoms with E-state index in [2.05, 4.69) is 20.2 Å². The molecule has 0 aliphatic heterocycles. The number of aromatic hydroxyl groups is 1. The minimum absolute atomic E-state index is 0.127. The molecule has 0 unspecified atom stereocenters. The quantitative estimate of drug-likeness (QED) is 0.356. The molecule has 27 heavy (non-hydrogen) atoms. The summed E-state index contributed by atoms with van der Waals surface area (Å²) in [6.45, 7) is 0. The number of hydrogen-bond donors (Lipinski definition) is 1. The minimum atomic E-state index is 0.127. The number of aromatic nitrogens is 1. The molecule has 0 saturated heterocycles. The average molecular weight is 352 g/mol. The van der Waals surface area contributed by atoms with Crippen LogP contribution in [-0.4, -0.2) is 16.3 Å². The molecule has 0 aliphatic rings. The highest BCUT2D eigenvalue weighted by Gasteiger charge is 2.05. The monoisotopic (exact) mass is 352 g/mol. The van der Waals surface area contributed by atoms with E-state index >= 15 is 0 Å². The lowest BCUT2D eigenvalue weighted by Crippen LogP contribution is -1.79. The van der Waals surface area contributed by atoms with Gasteiger partial charge in [-0.05, 0) is 48.0 Å². The van der Waals surface area contributed by atoms with Crippen LogP contribution in [0.1, 0.15) is 5.56 Å². The summed E-state index contributed by atoms with van der Waals surface area (Å²) in [6, 6.07) is 24.4. The molecule has 0 radical (unpaired) electrons. The Morgan fingerprint density at radius 1 is 0.778 bits per heavy atom. The van der Waals surface area contributed by atoms with Crippen LogP contribution in [0.4, 0.5) is 17.1 Å². The lowest BCUT2D eigenvalue weighted by molar-refractivity contribution is 0.480. The topological polar surface area (TPSA) is 70.2 Å². The Morgan fingerprint density at radius 3 is 2.52 bits per heavy atom. The van der Waals surface area contributed by atoms with Crippen molar-refractivity contribution >= 4 is 34.2 Å². The van der Waals surface area contributed by atoms with Gasteiger partial charge in [-0.3, -0.25) is 9.98 Å². The molecule has 0 amide bonds. The van der Waals surface area contributed by atoms with Crippen molar-refractivity contribution in [2.24, 2.45) is 15.2 Å². The molecule has 0 fully saturated rings. The first kappa shape index (κ1) is 16.6. The van der Waals surface area contributed by atoms with Crippen LogP contribution in [-0.2, 0) is 0 Å². The van der Waals surface area contributed by atoms with Crippen LogP contribution in [0.5, 0.6) is 5.75 Å². The van der Waals surface area contributed by atoms with Crippen molar-refractivity contribution in [2.45, 2.75) is 0 Å². The number of benzene rings is 3. The molecule has 130 valence electrons. The summed E-state index contributed by atoms with van der Waals surface area (Å²) in [5, 5.41) is 19.3. The third-order valence-electron chi connectivity index (χ3n) is 3.99. The highest BCUT2D eigenvalue weighted by molar-refractivity contribution is 5.93. The third kappa shape index (κ3) is 3.88. The molecule has 0 saturated carbocycles. The Hall–Kier alpha value is -3.86. The number of azo groups is 1. The minimum Gasteiger partial charge on any atom is -0.506 e. The largest absolute Gasteiger partial charge is 0.506 e. The number of pyridine rings is 1. The normalized spacial score (nSPS) is 11.6. The van der Waals surface area contributed by atoms with Gasteiger partial charge in [-0.2, -0.15) is 5.11 Å². The molecule has 1 aromatic heterocycles. The van der Waals surface area contributed by atoms with Gasteiger partial charge < -0.3 is 5.11 Å². The first-order valence-corrected chi connectivity index (χ1v) is 8.47. The van der Waals surface area contributed by atoms with Crippen LogP contribution in [0.15, 0.2) is 100 Å². The van der Waals surface area contributed by atoms with Gasteiger partial charge in [0.25, 0.3) is 0 Å². The van der Waals surface area contributed by atoms with E-state index in [0.717, 1.165) is 16.6 Å². The molecule has 1 N–H and O–H groups in total. The van der Waals surface area contributed by atoms with E-state index in [9.17, 15) is 5.11 Å². The summed E-state index contributed by atoms with van der Waals surface area (Å²) < 4.78 is 0. The summed E-state index contributed by atoms with van der Waals surface area (Å²) >= 11 is 0. The maximum absolute atomic E-state index is 9.92. The van der Waals surface area contributed by atoms with E-state index in [1.807, 2.05) is 66.9 Å². The van der Waals surface area contributed by atoms with Crippen molar-refractivity contribution in [3.63, 3.8) is 0 Å². The highest BCUT2D eigenvalue weighted by atomic mass is 16.3. The Kier molecular flexibility index (Phi) is 4.66. The Labute approximate surface area is 156 Å². The smallest absolute Gasteiger partial charge is 0.141 e. The van der Waals surface area contributed by atoms with E-state index in [1.54, 1.807) is 24.4 Å². The van der Waals surface area contributed by atoms with E-state index in [-0.39, 0.29) is 5.75 Å². The third-order valence-corrected chi connectivity index (χ3v) is 3.99. The summed E-state index contributed by atoms with van der Waals surface area (Å²) in [5.41, 5.74) is 3.69. The Bertz CT molecular complexity index is 1140. The maximum Gasteiger partial charge on any atom is 0.141 e. The molecule has 4 rings (SSSR count). The van der Waals surface area contributed by atoms with E-state index in [4.69, 9.17) is 0 Å². The SMILES string of the molecule is Oc1ccc(N=Nc2cccc(N=Cc3ccccc3)c2)c2cccnc12. The second kappa shape index (κ2) is 7.58. The molecule has 0 atom stereocenters. The van der Waals surface area contributed by atoms with Crippen LogP contribution in [0, 0.1) is 0 Å². The van der Waals surface area contributed by atoms with Crippen molar-refractivity contribution in [3.8, 4) is 5.75 Å². The number of phenols is 1. The molecule has 0 aliphatic carbocycles. The van der Waals surface area contributed by atoms with Gasteiger partial charge in [0.2, 0.25) is 0 Å². The first-order valence-electron chi connectivity index (χ1n) is 8.47. The number of nitrogens with zero attached hydrogens (tertiary/aromatic N) is 4. The summed E-state index contributed by atoms with van der Waals surface area (Å²) in [6.07, 6.45) is 3.45. The first-order chi connectivity index (χ1) is 13.3. The predicted octanol–water partition coefficient (Wildman–Crippen LogP) is 6.11. The second-order valence-corrected chi connectivity index (χ2v) is 5.89. The zero-order valence-corrected chi connectivity index (χ0v) is 14.4. The van der Waals surface area contributed by atoms with Gasteiger partial charge in [0.05, 0.1) is 17.1 Å². The molecule has 0 bridgehead atoms. The number of rotatable bonds is 4. The zero-order chi connectivity index (χ0) is 18.5. The molecule has 0 spiro atoms. The predicted molar refractivity (Wildman–Crippen MR) is 108 cm³/mol. The van der Waals surface area contributed by atoms with Gasteiger partial charge in [0.1, 0.15) is 11.3 Å². The number of phenolic OH excluding ortho intramolecular Hbond substituents is 1. The van der Waals surface area contributed by atoms with Crippen molar-refractivity contribution in [3.05, 3.63) is 90.6 Å². The number of fused-ring (bicyclic) bond motifs is 1. The van der Waals surface area contributed by atoms with Crippen molar-refractivity contribution < 1.29 is 5.11 Å². The van der Waals surface area contributed by atoms with E-state index < -0.39 is 0 Å². The molecular weight excluding hydrogens is 336 g/mol. The van der Waals surface area contributed by atoms with Crippen LogP contribution in [0.25, 0.3) is 10.9 Å². The highest BCUT2D eigenvalue weighted by Crippen LogP contribution is 2.32. The van der Waals surface area contributed by atoms with Gasteiger partial charge >= 0.3 is 0 Å². The fraction of sp³-hybridized carbons (Fsp3) is 0. The Morgan fingerprint density at radius 2 is 1.63 bits per heavy atom. The summed E-state index contributed by atoms with van der Waals surface area (Å²) in [4.78, 5) is 8.68. The van der Waals surface area contributed by atoms with Gasteiger partial charge in [-0.15, -0.1) is 5.11 Å². The molecule has 4 aromatic rings. The maximum atomic E-state index is 9.92. The summed E-state index contributed by atoms with van der Waals surface area (Å²) in [5.74, 6) is 0.127. The van der Waals surface area contributed by atoms with Gasteiger partial charge in [-0.25, -0.2) is 0 Å². The standard InChI is InChI=1S/C22H16N4O/c27-21-12-11-20(19-10-5-13-23-22(19)21)26-25-18-9-4-8-17(14-18)24-15-16-6-2-1-3-7-16/h1-15,27H. The Balaban J connectivity index is 1.60. The van der Waals surface area contributed by atoms with Crippen LogP contribution in [0.2, 0.25) is 0 Å². The lowest BCUT2D eigenvalue weighted by atomic mass is 10.2. The summed E-state index contributed by atoms with van der Waals surface area (Å²) in [7, 11) is 0. The van der Waals surface area contributed by atoms with Crippen molar-refractivity contribution in [1.82, 2.24) is 4.98 Å². The molecule has 1 heterocycles. The molecule has 5 heteroatoms. The number of hydrogen-bond acceptors (Lipinski definition) is 5. The fourth-order valence-corrected chi connectivity index (χ4v) is 2.67. The van der Waals surface area contributed by atoms with E-state index in [0.29, 0.717) is 16.9 Å². The molecular formula is C22H16N4O. The molecule has 3 aromatic carbocycles. The van der Waals surface area contributed by atoms with Crippen molar-refractivity contribution in [2.75, 3.05) is 0 Å². The van der Waals surface area contributed by atoms with Gasteiger partial charge in [-0.1, -0.05) is 36.4 Å². The number of aliphatic imine (C=N–C) groups is 1. The molecule has 5 nitrogen and oxygen atoms in total. The average Bonchev–Trinajstić information content (AvgIpc) is 2.73. The van der Waals surface area contributed by atoms with Crippen molar-refractivity contribution in [1.29, 1.82) is 0 Å². The van der Waals surface area contributed by atoms with Gasteiger partial charge in [0, 0.05) is 17.8 Å². The van der Waals surface area contributed by atoms with Gasteiger partial charge in [0.15, 0.2) is 0 Å². The van der Waals surface area contributed by atoms with Crippen LogP contribution < -0.4 is 0 Å². The second-order valence-electron chi connectivity index (χ2n) is 5.89. The fourth-order valence-electron chi connectivity index (χ4n) is 2.67. The van der Waals surface area contributed by atoms with Crippen LogP contribution in [0.3, 0.4) is 0 Å². The zero-order valence-electron chi connectivity index (χ0n) is 14.4. The van der Waals surface area contributed by atoms with E-state index in [1.165, 1.54) is 0 Å². The van der Waals surface area contributed by atoms with Crippen LogP contribution >= 0.6 is 0 Å². The lowest BCUT2D eigenvalue weighted by Gasteiger charge is -2.02.